The smallest absolute Gasteiger partial charge is 0.226 e. The second-order valence-electron chi connectivity index (χ2n) is 4.08. The summed E-state index contributed by atoms with van der Waals surface area (Å²) in [6.07, 6.45) is 0. The topological polar surface area (TPSA) is 117 Å². The van der Waals surface area contributed by atoms with E-state index in [0.29, 0.717) is 0 Å². The molecule has 0 radical (unpaired) electrons. The summed E-state index contributed by atoms with van der Waals surface area (Å²) in [6, 6.07) is 0. The minimum atomic E-state index is -0.437. The molecule has 0 aliphatic heterocycles. The van der Waals surface area contributed by atoms with Gasteiger partial charge in [-0.2, -0.15) is 15.0 Å². The number of anilines is 3. The van der Waals surface area contributed by atoms with E-state index in [-0.39, 0.29) is 17.8 Å². The number of alkyl halides is 6. The molecular weight excluding hydrogens is 405 g/mol. The lowest BCUT2D eigenvalue weighted by Crippen LogP contribution is -2.52. The van der Waals surface area contributed by atoms with Crippen molar-refractivity contribution in [2.24, 2.45) is 0 Å². The fraction of sp³-hybridized carbons (Fsp3) is 0.667. The number of halogens is 6. The molecule has 120 valence electrons. The number of aromatic nitrogens is 3. The lowest BCUT2D eigenvalue weighted by molar-refractivity contribution is 0.544. The van der Waals surface area contributed by atoms with Crippen LogP contribution in [0.1, 0.15) is 0 Å². The van der Waals surface area contributed by atoms with Crippen molar-refractivity contribution in [2.75, 3.05) is 17.2 Å². The van der Waals surface area contributed by atoms with Crippen molar-refractivity contribution in [3.63, 3.8) is 0 Å². The standard InChI is InChI=1S/C6H6Cl6.C3H6N6/c7-1-2(8)4(10)6(12)5(11)3(1)9;4-1-7-2(5)9-3(6)8-1/h1-6H;(H6,4,5,6,7,8,9). The number of hydrogen-bond acceptors (Lipinski definition) is 6. The minimum absolute atomic E-state index is 0.0417. The molecule has 1 aliphatic carbocycles. The highest BCUT2D eigenvalue weighted by Crippen LogP contribution is 2.39. The lowest BCUT2D eigenvalue weighted by atomic mass is 9.97. The molecule has 0 saturated heterocycles. The molecule has 0 unspecified atom stereocenters. The van der Waals surface area contributed by atoms with Gasteiger partial charge in [0, 0.05) is 0 Å². The molecule has 21 heavy (non-hydrogen) atoms. The van der Waals surface area contributed by atoms with E-state index in [1.165, 1.54) is 0 Å². The molecule has 6 N–H and O–H groups in total. The van der Waals surface area contributed by atoms with E-state index in [2.05, 4.69) is 15.0 Å². The Hall–Kier alpha value is 0.150. The van der Waals surface area contributed by atoms with Crippen LogP contribution in [-0.2, 0) is 0 Å². The molecule has 1 aromatic heterocycles. The highest BCUT2D eigenvalue weighted by atomic mass is 35.5. The first kappa shape index (κ1) is 19.2. The van der Waals surface area contributed by atoms with Crippen molar-refractivity contribution >= 4 is 87.5 Å². The maximum Gasteiger partial charge on any atom is 0.226 e. The fourth-order valence-electron chi connectivity index (χ4n) is 1.48. The average Bonchev–Trinajstić information content (AvgIpc) is 2.40. The van der Waals surface area contributed by atoms with Gasteiger partial charge in [-0.15, -0.1) is 69.6 Å². The van der Waals surface area contributed by atoms with E-state index >= 15 is 0 Å². The zero-order valence-corrected chi connectivity index (χ0v) is 14.8. The minimum Gasteiger partial charge on any atom is -0.368 e. The van der Waals surface area contributed by atoms with Crippen LogP contribution in [0, 0.1) is 0 Å². The van der Waals surface area contributed by atoms with Gasteiger partial charge < -0.3 is 17.2 Å². The number of rotatable bonds is 0. The maximum atomic E-state index is 5.88. The van der Waals surface area contributed by atoms with Gasteiger partial charge in [-0.25, -0.2) is 0 Å². The monoisotopic (exact) mass is 414 g/mol. The number of nitrogen functional groups attached to an aromatic ring is 3. The third kappa shape index (κ3) is 5.08. The van der Waals surface area contributed by atoms with E-state index in [9.17, 15) is 0 Å². The SMILES string of the molecule is ClC1C(Cl)C(Cl)C(Cl)C(Cl)C1Cl.Nc1nc(N)nc(N)n1. The molecule has 0 amide bonds. The zero-order valence-electron chi connectivity index (χ0n) is 10.3. The van der Waals surface area contributed by atoms with E-state index in [0.717, 1.165) is 0 Å². The second kappa shape index (κ2) is 8.13. The van der Waals surface area contributed by atoms with Gasteiger partial charge in [-0.3, -0.25) is 0 Å². The molecule has 6 nitrogen and oxygen atoms in total. The molecule has 0 bridgehead atoms. The molecule has 2 rings (SSSR count). The highest BCUT2D eigenvalue weighted by molar-refractivity contribution is 6.45. The quantitative estimate of drug-likeness (QED) is 0.558. The average molecular weight is 417 g/mol. The summed E-state index contributed by atoms with van der Waals surface area (Å²) < 4.78 is 0. The lowest BCUT2D eigenvalue weighted by Gasteiger charge is -2.37. The third-order valence-corrected chi connectivity index (χ3v) is 6.54. The van der Waals surface area contributed by atoms with Gasteiger partial charge in [0.2, 0.25) is 17.8 Å². The molecule has 1 fully saturated rings. The van der Waals surface area contributed by atoms with Gasteiger partial charge in [0.15, 0.2) is 0 Å². The predicted molar refractivity (Wildman–Crippen MR) is 90.9 cm³/mol. The summed E-state index contributed by atoms with van der Waals surface area (Å²) >= 11 is 35.3. The van der Waals surface area contributed by atoms with E-state index in [4.69, 9.17) is 86.8 Å². The van der Waals surface area contributed by atoms with Gasteiger partial charge in [0.1, 0.15) is 0 Å². The van der Waals surface area contributed by atoms with Gasteiger partial charge in [0.25, 0.3) is 0 Å². The molecule has 0 atom stereocenters. The van der Waals surface area contributed by atoms with Crippen LogP contribution in [0.2, 0.25) is 0 Å². The van der Waals surface area contributed by atoms with E-state index in [1.54, 1.807) is 0 Å². The molecule has 1 heterocycles. The van der Waals surface area contributed by atoms with Crippen molar-refractivity contribution in [3.8, 4) is 0 Å². The Bertz CT molecular complexity index is 369. The van der Waals surface area contributed by atoms with Crippen LogP contribution in [-0.4, -0.2) is 47.2 Å². The highest BCUT2D eigenvalue weighted by Gasteiger charge is 2.46. The first-order chi connectivity index (χ1) is 9.65. The van der Waals surface area contributed by atoms with E-state index in [1.807, 2.05) is 0 Å². The third-order valence-electron chi connectivity index (χ3n) is 2.51. The van der Waals surface area contributed by atoms with Crippen LogP contribution in [0.4, 0.5) is 17.8 Å². The molecule has 12 heteroatoms. The number of nitrogens with two attached hydrogens (primary N) is 3. The second-order valence-corrected chi connectivity index (χ2v) is 7.10. The summed E-state index contributed by atoms with van der Waals surface area (Å²) in [7, 11) is 0. The van der Waals surface area contributed by atoms with Crippen molar-refractivity contribution in [1.82, 2.24) is 15.0 Å². The predicted octanol–water partition coefficient (Wildman–Crippen LogP) is 2.26. The molecular formula is C9H12Cl6N6. The molecule has 1 saturated carbocycles. The Morgan fingerprint density at radius 1 is 0.476 bits per heavy atom. The van der Waals surface area contributed by atoms with Crippen LogP contribution < -0.4 is 17.2 Å². The van der Waals surface area contributed by atoms with Gasteiger partial charge in [-0.1, -0.05) is 0 Å². The van der Waals surface area contributed by atoms with Crippen molar-refractivity contribution in [3.05, 3.63) is 0 Å². The summed E-state index contributed by atoms with van der Waals surface area (Å²) in [5.41, 5.74) is 15.4. The van der Waals surface area contributed by atoms with E-state index < -0.39 is 32.3 Å². The summed E-state index contributed by atoms with van der Waals surface area (Å²) in [6.45, 7) is 0. The van der Waals surface area contributed by atoms with Crippen LogP contribution in [0.15, 0.2) is 0 Å². The van der Waals surface area contributed by atoms with Crippen LogP contribution in [0.5, 0.6) is 0 Å². The molecule has 1 aromatic rings. The number of nitrogens with zero attached hydrogens (tertiary/aromatic N) is 3. The first-order valence-electron chi connectivity index (χ1n) is 5.52. The Balaban J connectivity index is 0.000000219. The largest absolute Gasteiger partial charge is 0.368 e. The zero-order chi connectivity index (χ0) is 16.3. The number of hydrogen-bond donors (Lipinski definition) is 3. The van der Waals surface area contributed by atoms with Crippen LogP contribution in [0.25, 0.3) is 0 Å². The summed E-state index contributed by atoms with van der Waals surface area (Å²) in [5.74, 6) is 0.125. The Labute approximate surface area is 151 Å². The van der Waals surface area contributed by atoms with Crippen LogP contribution in [0.3, 0.4) is 0 Å². The summed E-state index contributed by atoms with van der Waals surface area (Å²) in [4.78, 5) is 10.5. The normalized spacial score (nSPS) is 35.7. The van der Waals surface area contributed by atoms with Crippen molar-refractivity contribution in [2.45, 2.75) is 32.3 Å². The molecule has 0 spiro atoms. The van der Waals surface area contributed by atoms with Crippen molar-refractivity contribution < 1.29 is 0 Å². The molecule has 1 aliphatic rings. The van der Waals surface area contributed by atoms with Gasteiger partial charge in [0.05, 0.1) is 32.3 Å². The Kier molecular flexibility index (Phi) is 7.43. The van der Waals surface area contributed by atoms with Crippen LogP contribution >= 0.6 is 69.6 Å². The Morgan fingerprint density at radius 2 is 0.619 bits per heavy atom. The first-order valence-corrected chi connectivity index (χ1v) is 8.14. The van der Waals surface area contributed by atoms with Gasteiger partial charge in [-0.05, 0) is 0 Å². The fourth-order valence-corrected chi connectivity index (χ4v) is 3.81. The van der Waals surface area contributed by atoms with Gasteiger partial charge >= 0.3 is 0 Å². The maximum absolute atomic E-state index is 5.88. The molecule has 0 aromatic carbocycles. The van der Waals surface area contributed by atoms with Crippen molar-refractivity contribution in [1.29, 1.82) is 0 Å². The summed E-state index contributed by atoms with van der Waals surface area (Å²) in [5, 5.41) is -2.62. The Morgan fingerprint density at radius 3 is 0.762 bits per heavy atom.